The Balaban J connectivity index is 1.29. The van der Waals surface area contributed by atoms with Crippen LogP contribution in [0.15, 0.2) is 30.3 Å². The number of carbonyl (C=O) groups excluding carboxylic acids is 1. The molecule has 3 aliphatic rings. The summed E-state index contributed by atoms with van der Waals surface area (Å²) in [6.07, 6.45) is 4.15. The second-order valence-electron chi connectivity index (χ2n) is 8.00. The topological polar surface area (TPSA) is 53.0 Å². The number of hydrogen-bond donors (Lipinski definition) is 1. The highest BCUT2D eigenvalue weighted by molar-refractivity contribution is 5.94. The minimum absolute atomic E-state index is 0.150. The Bertz CT molecular complexity index is 598. The largest absolute Gasteiger partial charge is 0.392 e. The first-order valence-electron chi connectivity index (χ1n) is 9.50. The third-order valence-corrected chi connectivity index (χ3v) is 6.13. The number of rotatable bonds is 3. The average molecular weight is 344 g/mol. The maximum atomic E-state index is 12.6. The van der Waals surface area contributed by atoms with Crippen molar-refractivity contribution in [1.29, 1.82) is 0 Å². The second kappa shape index (κ2) is 7.06. The quantitative estimate of drug-likeness (QED) is 0.908. The van der Waals surface area contributed by atoms with Gasteiger partial charge in [0.1, 0.15) is 0 Å². The molecule has 0 aromatic heterocycles. The zero-order valence-electron chi connectivity index (χ0n) is 14.8. The Hall–Kier alpha value is -1.43. The van der Waals surface area contributed by atoms with Gasteiger partial charge in [-0.15, -0.1) is 0 Å². The number of amides is 1. The molecule has 2 unspecified atom stereocenters. The van der Waals surface area contributed by atoms with Gasteiger partial charge in [-0.25, -0.2) is 0 Å². The summed E-state index contributed by atoms with van der Waals surface area (Å²) in [5, 5.41) is 9.67. The summed E-state index contributed by atoms with van der Waals surface area (Å²) >= 11 is 0. The number of benzene rings is 1. The first-order chi connectivity index (χ1) is 12.1. The molecule has 1 spiro atoms. The molecule has 1 aromatic rings. The van der Waals surface area contributed by atoms with Crippen molar-refractivity contribution < 1.29 is 14.6 Å². The number of aliphatic hydroxyl groups is 1. The smallest absolute Gasteiger partial charge is 0.253 e. The van der Waals surface area contributed by atoms with Gasteiger partial charge in [0.2, 0.25) is 0 Å². The molecule has 2 atom stereocenters. The van der Waals surface area contributed by atoms with Gasteiger partial charge in [0.15, 0.2) is 0 Å². The monoisotopic (exact) mass is 344 g/mol. The van der Waals surface area contributed by atoms with Gasteiger partial charge in [0.05, 0.1) is 18.8 Å². The summed E-state index contributed by atoms with van der Waals surface area (Å²) in [4.78, 5) is 16.9. The highest BCUT2D eigenvalue weighted by Crippen LogP contribution is 2.42. The Morgan fingerprint density at radius 3 is 2.64 bits per heavy atom. The van der Waals surface area contributed by atoms with Crippen LogP contribution in [-0.2, 0) is 4.74 Å². The fourth-order valence-corrected chi connectivity index (χ4v) is 4.57. The maximum Gasteiger partial charge on any atom is 0.253 e. The number of ether oxygens (including phenoxy) is 1. The van der Waals surface area contributed by atoms with E-state index in [0.717, 1.165) is 70.6 Å². The number of hydrogen-bond acceptors (Lipinski definition) is 4. The number of β-amino-alcohol motifs (C(OH)–C–C–N with tert-alkyl or cyclic N) is 1. The summed E-state index contributed by atoms with van der Waals surface area (Å²) in [5.74, 6) is 0.150. The molecular formula is C20H28N2O3. The Morgan fingerprint density at radius 2 is 1.96 bits per heavy atom. The fraction of sp³-hybridized carbons (Fsp3) is 0.650. The zero-order chi connectivity index (χ0) is 17.3. The molecule has 25 heavy (non-hydrogen) atoms. The summed E-state index contributed by atoms with van der Waals surface area (Å²) in [6, 6.07) is 9.57. The molecule has 1 amide bonds. The molecule has 5 heteroatoms. The van der Waals surface area contributed by atoms with Crippen LogP contribution in [0.1, 0.15) is 36.0 Å². The number of aliphatic hydroxyl groups excluding tert-OH is 1. The van der Waals surface area contributed by atoms with Crippen LogP contribution in [0.25, 0.3) is 0 Å². The van der Waals surface area contributed by atoms with Gasteiger partial charge in [0, 0.05) is 38.3 Å². The lowest BCUT2D eigenvalue weighted by molar-refractivity contribution is 0.0451. The minimum Gasteiger partial charge on any atom is -0.392 e. The summed E-state index contributed by atoms with van der Waals surface area (Å²) < 4.78 is 6.10. The van der Waals surface area contributed by atoms with Crippen molar-refractivity contribution in [2.45, 2.75) is 37.9 Å². The predicted molar refractivity (Wildman–Crippen MR) is 95.4 cm³/mol. The van der Waals surface area contributed by atoms with Crippen molar-refractivity contribution >= 4 is 5.91 Å². The van der Waals surface area contributed by atoms with Gasteiger partial charge in [-0.05, 0) is 43.2 Å². The van der Waals surface area contributed by atoms with Crippen LogP contribution >= 0.6 is 0 Å². The van der Waals surface area contributed by atoms with E-state index in [0.29, 0.717) is 0 Å². The molecular weight excluding hydrogens is 316 g/mol. The van der Waals surface area contributed by atoms with E-state index < -0.39 is 0 Å². The van der Waals surface area contributed by atoms with E-state index in [-0.39, 0.29) is 23.5 Å². The molecule has 4 rings (SSSR count). The molecule has 3 saturated heterocycles. The van der Waals surface area contributed by atoms with Crippen molar-refractivity contribution in [2.75, 3.05) is 39.3 Å². The summed E-state index contributed by atoms with van der Waals surface area (Å²) in [5.41, 5.74) is 1.03. The number of nitrogens with zero attached hydrogens (tertiary/aromatic N) is 2. The molecule has 3 aliphatic heterocycles. The molecule has 0 saturated carbocycles. The van der Waals surface area contributed by atoms with Crippen LogP contribution in [0.2, 0.25) is 0 Å². The normalized spacial score (nSPS) is 29.4. The molecule has 0 bridgehead atoms. The lowest BCUT2D eigenvalue weighted by Crippen LogP contribution is -2.43. The van der Waals surface area contributed by atoms with E-state index in [9.17, 15) is 9.90 Å². The maximum absolute atomic E-state index is 12.6. The highest BCUT2D eigenvalue weighted by Gasteiger charge is 2.43. The van der Waals surface area contributed by atoms with Crippen LogP contribution in [0.5, 0.6) is 0 Å². The van der Waals surface area contributed by atoms with Crippen LogP contribution in [0.3, 0.4) is 0 Å². The van der Waals surface area contributed by atoms with Crippen molar-refractivity contribution in [1.82, 2.24) is 9.80 Å². The van der Waals surface area contributed by atoms with Gasteiger partial charge in [-0.2, -0.15) is 0 Å². The second-order valence-corrected chi connectivity index (χ2v) is 8.00. The minimum atomic E-state index is -0.164. The van der Waals surface area contributed by atoms with Gasteiger partial charge < -0.3 is 14.7 Å². The van der Waals surface area contributed by atoms with Crippen LogP contribution in [-0.4, -0.2) is 72.4 Å². The Morgan fingerprint density at radius 1 is 1.20 bits per heavy atom. The van der Waals surface area contributed by atoms with E-state index in [1.165, 1.54) is 0 Å². The lowest BCUT2D eigenvalue weighted by Gasteiger charge is -2.38. The first kappa shape index (κ1) is 17.0. The van der Waals surface area contributed by atoms with Gasteiger partial charge >= 0.3 is 0 Å². The Kier molecular flexibility index (Phi) is 4.80. The summed E-state index contributed by atoms with van der Waals surface area (Å²) in [6.45, 7) is 5.17. The van der Waals surface area contributed by atoms with Crippen molar-refractivity contribution in [2.24, 2.45) is 5.41 Å². The molecule has 3 heterocycles. The molecule has 0 radical (unpaired) electrons. The van der Waals surface area contributed by atoms with E-state index in [4.69, 9.17) is 4.74 Å². The van der Waals surface area contributed by atoms with Crippen LogP contribution in [0.4, 0.5) is 0 Å². The van der Waals surface area contributed by atoms with Gasteiger partial charge in [-0.1, -0.05) is 18.2 Å². The molecule has 1 aromatic carbocycles. The van der Waals surface area contributed by atoms with E-state index in [1.807, 2.05) is 35.2 Å². The van der Waals surface area contributed by atoms with Crippen molar-refractivity contribution in [3.63, 3.8) is 0 Å². The van der Waals surface area contributed by atoms with E-state index in [1.54, 1.807) is 0 Å². The van der Waals surface area contributed by atoms with Crippen molar-refractivity contribution in [3.8, 4) is 0 Å². The molecule has 136 valence electrons. The highest BCUT2D eigenvalue weighted by atomic mass is 16.5. The summed E-state index contributed by atoms with van der Waals surface area (Å²) in [7, 11) is 0. The SMILES string of the molecule is O=C(c1ccccc1)N1CCC2(CC1)COC(CN1CCC(O)C1)C2. The lowest BCUT2D eigenvalue weighted by atomic mass is 9.76. The molecule has 3 fully saturated rings. The first-order valence-corrected chi connectivity index (χ1v) is 9.50. The van der Waals surface area contributed by atoms with Crippen LogP contribution < -0.4 is 0 Å². The third-order valence-electron chi connectivity index (χ3n) is 6.13. The van der Waals surface area contributed by atoms with Crippen LogP contribution in [0, 0.1) is 5.41 Å². The average Bonchev–Trinajstić information content (AvgIpc) is 3.22. The van der Waals surface area contributed by atoms with Gasteiger partial charge in [0.25, 0.3) is 5.91 Å². The van der Waals surface area contributed by atoms with E-state index >= 15 is 0 Å². The van der Waals surface area contributed by atoms with Crippen molar-refractivity contribution in [3.05, 3.63) is 35.9 Å². The van der Waals surface area contributed by atoms with Gasteiger partial charge in [-0.3, -0.25) is 9.69 Å². The standard InChI is InChI=1S/C20H28N2O3/c23-17-6-9-21(13-17)14-18-12-20(15-25-18)7-10-22(11-8-20)19(24)16-4-2-1-3-5-16/h1-5,17-18,23H,6-15H2. The number of carbonyl (C=O) groups is 1. The zero-order valence-corrected chi connectivity index (χ0v) is 14.8. The fourth-order valence-electron chi connectivity index (χ4n) is 4.57. The predicted octanol–water partition coefficient (Wildman–Crippen LogP) is 1.76. The number of likely N-dealkylation sites (tertiary alicyclic amines) is 2. The molecule has 5 nitrogen and oxygen atoms in total. The third kappa shape index (κ3) is 3.73. The molecule has 1 N–H and O–H groups in total. The molecule has 0 aliphatic carbocycles. The van der Waals surface area contributed by atoms with E-state index in [2.05, 4.69) is 4.90 Å². The Labute approximate surface area is 149 Å². The number of piperidine rings is 1.